The molecule has 0 saturated heterocycles. The van der Waals surface area contributed by atoms with Gasteiger partial charge in [-0.15, -0.1) is 0 Å². The lowest BCUT2D eigenvalue weighted by molar-refractivity contribution is -0.133. The van der Waals surface area contributed by atoms with Crippen LogP contribution in [-0.4, -0.2) is 48.9 Å². The van der Waals surface area contributed by atoms with Gasteiger partial charge in [0.15, 0.2) is 0 Å². The summed E-state index contributed by atoms with van der Waals surface area (Å²) in [7, 11) is 6.25. The molecule has 3 heteroatoms. The van der Waals surface area contributed by atoms with Crippen molar-refractivity contribution >= 4 is 16.7 Å². The summed E-state index contributed by atoms with van der Waals surface area (Å²) in [6.07, 6.45) is 5.27. The van der Waals surface area contributed by atoms with E-state index in [4.69, 9.17) is 0 Å². The zero-order chi connectivity index (χ0) is 17.1. The average molecular weight is 324 g/mol. The van der Waals surface area contributed by atoms with Gasteiger partial charge in [0.05, 0.1) is 6.42 Å². The second-order valence-corrected chi connectivity index (χ2v) is 7.20. The number of likely N-dealkylation sites (N-methyl/N-ethyl adjacent to an activating group) is 2. The first-order valence-corrected chi connectivity index (χ1v) is 8.96. The van der Waals surface area contributed by atoms with E-state index in [-0.39, 0.29) is 5.91 Å². The Morgan fingerprint density at radius 1 is 0.958 bits per heavy atom. The van der Waals surface area contributed by atoms with Crippen LogP contribution in [0.2, 0.25) is 0 Å². The van der Waals surface area contributed by atoms with Crippen molar-refractivity contribution in [2.75, 3.05) is 21.1 Å². The van der Waals surface area contributed by atoms with Crippen LogP contribution in [0.1, 0.15) is 31.2 Å². The van der Waals surface area contributed by atoms with Gasteiger partial charge in [-0.25, -0.2) is 0 Å². The van der Waals surface area contributed by atoms with E-state index in [0.29, 0.717) is 18.5 Å². The van der Waals surface area contributed by atoms with E-state index in [2.05, 4.69) is 43.3 Å². The van der Waals surface area contributed by atoms with E-state index < -0.39 is 0 Å². The monoisotopic (exact) mass is 324 g/mol. The molecule has 128 valence electrons. The molecule has 0 aromatic heterocycles. The first-order valence-electron chi connectivity index (χ1n) is 8.96. The molecule has 1 fully saturated rings. The van der Waals surface area contributed by atoms with Crippen molar-refractivity contribution in [3.05, 3.63) is 48.0 Å². The molecule has 0 N–H and O–H groups in total. The summed E-state index contributed by atoms with van der Waals surface area (Å²) in [6.45, 7) is 0. The number of carbonyl (C=O) groups excluding carboxylic acids is 1. The van der Waals surface area contributed by atoms with E-state index in [1.54, 1.807) is 0 Å². The molecule has 1 aliphatic rings. The third-order valence-corrected chi connectivity index (χ3v) is 5.47. The molecule has 0 bridgehead atoms. The Kier molecular flexibility index (Phi) is 5.20. The highest BCUT2D eigenvalue weighted by Crippen LogP contribution is 2.26. The van der Waals surface area contributed by atoms with Crippen LogP contribution in [0.3, 0.4) is 0 Å². The fourth-order valence-electron chi connectivity index (χ4n) is 4.07. The minimum Gasteiger partial charge on any atom is -0.341 e. The van der Waals surface area contributed by atoms with Gasteiger partial charge in [-0.1, -0.05) is 55.3 Å². The number of amides is 1. The van der Waals surface area contributed by atoms with Crippen LogP contribution in [0, 0.1) is 0 Å². The normalized spacial score (nSPS) is 21.2. The highest BCUT2D eigenvalue weighted by atomic mass is 16.2. The third kappa shape index (κ3) is 3.46. The molecule has 24 heavy (non-hydrogen) atoms. The summed E-state index contributed by atoms with van der Waals surface area (Å²) in [5.74, 6) is 0.227. The summed E-state index contributed by atoms with van der Waals surface area (Å²) in [6, 6.07) is 15.4. The highest BCUT2D eigenvalue weighted by molar-refractivity contribution is 5.90. The average Bonchev–Trinajstić information content (AvgIpc) is 2.61. The summed E-state index contributed by atoms with van der Waals surface area (Å²) in [4.78, 5) is 17.2. The third-order valence-electron chi connectivity index (χ3n) is 5.47. The molecule has 3 rings (SSSR count). The van der Waals surface area contributed by atoms with Gasteiger partial charge in [0, 0.05) is 19.1 Å². The zero-order valence-electron chi connectivity index (χ0n) is 15.0. The van der Waals surface area contributed by atoms with Crippen LogP contribution in [0.25, 0.3) is 10.8 Å². The number of hydrogen-bond acceptors (Lipinski definition) is 2. The maximum Gasteiger partial charge on any atom is 0.227 e. The first kappa shape index (κ1) is 17.0. The predicted molar refractivity (Wildman–Crippen MR) is 100 cm³/mol. The van der Waals surface area contributed by atoms with E-state index in [1.807, 2.05) is 30.1 Å². The molecule has 0 radical (unpaired) electrons. The van der Waals surface area contributed by atoms with Crippen LogP contribution in [0.15, 0.2) is 42.5 Å². The Bertz CT molecular complexity index is 705. The van der Waals surface area contributed by atoms with Gasteiger partial charge in [0.1, 0.15) is 0 Å². The largest absolute Gasteiger partial charge is 0.341 e. The van der Waals surface area contributed by atoms with Crippen molar-refractivity contribution in [3.8, 4) is 0 Å². The number of carbonyl (C=O) groups is 1. The maximum absolute atomic E-state index is 12.9. The lowest BCUT2D eigenvalue weighted by Gasteiger charge is -2.41. The number of hydrogen-bond donors (Lipinski definition) is 0. The molecule has 0 spiro atoms. The molecule has 0 aliphatic heterocycles. The first-order chi connectivity index (χ1) is 11.6. The van der Waals surface area contributed by atoms with E-state index >= 15 is 0 Å². The second kappa shape index (κ2) is 7.35. The Morgan fingerprint density at radius 3 is 2.38 bits per heavy atom. The maximum atomic E-state index is 12.9. The Hall–Kier alpha value is -1.87. The van der Waals surface area contributed by atoms with E-state index in [1.165, 1.54) is 30.0 Å². The fourth-order valence-corrected chi connectivity index (χ4v) is 4.07. The molecule has 2 aromatic carbocycles. The summed E-state index contributed by atoms with van der Waals surface area (Å²) in [5, 5.41) is 2.39. The molecular formula is C21H28N2O. The molecule has 1 aliphatic carbocycles. The van der Waals surface area contributed by atoms with Gasteiger partial charge < -0.3 is 9.80 Å². The minimum absolute atomic E-state index is 0.227. The van der Waals surface area contributed by atoms with Crippen molar-refractivity contribution in [2.45, 2.75) is 44.2 Å². The Labute approximate surface area is 145 Å². The summed E-state index contributed by atoms with van der Waals surface area (Å²) in [5.41, 5.74) is 1.13. The van der Waals surface area contributed by atoms with Crippen molar-refractivity contribution < 1.29 is 4.79 Å². The summed E-state index contributed by atoms with van der Waals surface area (Å²) < 4.78 is 0. The lowest BCUT2D eigenvalue weighted by atomic mass is 9.88. The molecule has 0 heterocycles. The SMILES string of the molecule is CN(C)[C@@H]1CCCC[C@H]1N(C)C(=O)Cc1cccc2ccccc12. The Balaban J connectivity index is 1.78. The van der Waals surface area contributed by atoms with Gasteiger partial charge in [0.25, 0.3) is 0 Å². The lowest BCUT2D eigenvalue weighted by Crippen LogP contribution is -2.52. The van der Waals surface area contributed by atoms with Crippen molar-refractivity contribution in [3.63, 3.8) is 0 Å². The van der Waals surface area contributed by atoms with Gasteiger partial charge in [0.2, 0.25) is 5.91 Å². The minimum atomic E-state index is 0.227. The highest BCUT2D eigenvalue weighted by Gasteiger charge is 2.31. The molecular weight excluding hydrogens is 296 g/mol. The smallest absolute Gasteiger partial charge is 0.227 e. The predicted octanol–water partition coefficient (Wildman–Crippen LogP) is 3.71. The number of fused-ring (bicyclic) bond motifs is 1. The molecule has 1 saturated carbocycles. The van der Waals surface area contributed by atoms with Crippen molar-refractivity contribution in [2.24, 2.45) is 0 Å². The number of rotatable bonds is 4. The number of benzene rings is 2. The van der Waals surface area contributed by atoms with Crippen LogP contribution in [-0.2, 0) is 11.2 Å². The molecule has 2 aromatic rings. The van der Waals surface area contributed by atoms with Crippen molar-refractivity contribution in [1.29, 1.82) is 0 Å². The van der Waals surface area contributed by atoms with Crippen LogP contribution in [0.5, 0.6) is 0 Å². The van der Waals surface area contributed by atoms with E-state index in [0.717, 1.165) is 12.0 Å². The Morgan fingerprint density at radius 2 is 1.62 bits per heavy atom. The summed E-state index contributed by atoms with van der Waals surface area (Å²) >= 11 is 0. The standard InChI is InChI=1S/C21H28N2O/c1-22(2)19-13-6-7-14-20(19)23(3)21(24)15-17-11-8-10-16-9-4-5-12-18(16)17/h4-5,8-12,19-20H,6-7,13-15H2,1-3H3/t19-,20-/m1/s1. The van der Waals surface area contributed by atoms with Gasteiger partial charge in [-0.3, -0.25) is 4.79 Å². The zero-order valence-corrected chi connectivity index (χ0v) is 15.0. The molecule has 3 nitrogen and oxygen atoms in total. The quantitative estimate of drug-likeness (QED) is 0.856. The van der Waals surface area contributed by atoms with Crippen LogP contribution >= 0.6 is 0 Å². The molecule has 0 unspecified atom stereocenters. The number of nitrogens with zero attached hydrogens (tertiary/aromatic N) is 2. The molecule has 2 atom stereocenters. The fraction of sp³-hybridized carbons (Fsp3) is 0.476. The van der Waals surface area contributed by atoms with Crippen molar-refractivity contribution in [1.82, 2.24) is 9.80 Å². The van der Waals surface area contributed by atoms with Gasteiger partial charge in [-0.05, 0) is 43.3 Å². The molecule has 1 amide bonds. The van der Waals surface area contributed by atoms with E-state index in [9.17, 15) is 4.79 Å². The second-order valence-electron chi connectivity index (χ2n) is 7.20. The van der Waals surface area contributed by atoms with Gasteiger partial charge in [-0.2, -0.15) is 0 Å². The van der Waals surface area contributed by atoms with Crippen LogP contribution < -0.4 is 0 Å². The van der Waals surface area contributed by atoms with Crippen LogP contribution in [0.4, 0.5) is 0 Å². The topological polar surface area (TPSA) is 23.6 Å². The van der Waals surface area contributed by atoms with Gasteiger partial charge >= 0.3 is 0 Å².